The summed E-state index contributed by atoms with van der Waals surface area (Å²) in [7, 11) is 0. The van der Waals surface area contributed by atoms with E-state index in [1.54, 1.807) is 24.3 Å². The molecule has 4 nitrogen and oxygen atoms in total. The molecule has 1 atom stereocenters. The van der Waals surface area contributed by atoms with E-state index in [1.165, 1.54) is 0 Å². The lowest BCUT2D eigenvalue weighted by atomic mass is 10.0. The number of hydrogen-bond donors (Lipinski definition) is 3. The van der Waals surface area contributed by atoms with E-state index in [-0.39, 0.29) is 0 Å². The van der Waals surface area contributed by atoms with Gasteiger partial charge in [-0.25, -0.2) is 4.79 Å². The van der Waals surface area contributed by atoms with E-state index in [0.29, 0.717) is 12.1 Å². The van der Waals surface area contributed by atoms with Crippen molar-refractivity contribution in [2.45, 2.75) is 25.9 Å². The third-order valence-electron chi connectivity index (χ3n) is 2.08. The molecule has 0 heterocycles. The van der Waals surface area contributed by atoms with Gasteiger partial charge in [0.15, 0.2) is 0 Å². The summed E-state index contributed by atoms with van der Waals surface area (Å²) in [4.78, 5) is 10.4. The Morgan fingerprint density at radius 2 is 2.27 bits per heavy atom. The van der Waals surface area contributed by atoms with Crippen molar-refractivity contribution >= 4 is 11.8 Å². The van der Waals surface area contributed by atoms with Crippen molar-refractivity contribution in [3.8, 4) is 0 Å². The first kappa shape index (κ1) is 11.5. The van der Waals surface area contributed by atoms with Crippen LogP contribution in [0.1, 0.15) is 31.4 Å². The van der Waals surface area contributed by atoms with Gasteiger partial charge in [0.25, 0.3) is 0 Å². The number of amides is 1. The molecule has 1 rings (SSSR count). The molecule has 1 aromatic carbocycles. The molecular formula is C11H15NO3. The lowest BCUT2D eigenvalue weighted by molar-refractivity contribution is 0.166. The molecule has 0 bridgehead atoms. The fourth-order valence-electron chi connectivity index (χ4n) is 1.39. The zero-order chi connectivity index (χ0) is 11.3. The molecule has 1 aromatic rings. The normalized spacial score (nSPS) is 12.1. The van der Waals surface area contributed by atoms with Crippen LogP contribution in [0.3, 0.4) is 0 Å². The monoisotopic (exact) mass is 209 g/mol. The minimum atomic E-state index is -1.10. The van der Waals surface area contributed by atoms with Gasteiger partial charge in [0.1, 0.15) is 0 Å². The van der Waals surface area contributed by atoms with E-state index in [9.17, 15) is 9.90 Å². The quantitative estimate of drug-likeness (QED) is 0.713. The topological polar surface area (TPSA) is 69.6 Å². The molecule has 0 fully saturated rings. The predicted octanol–water partition coefficient (Wildman–Crippen LogP) is 2.61. The Labute approximate surface area is 88.6 Å². The number of anilines is 1. The fourth-order valence-corrected chi connectivity index (χ4v) is 1.39. The van der Waals surface area contributed by atoms with E-state index in [1.807, 2.05) is 6.92 Å². The van der Waals surface area contributed by atoms with Gasteiger partial charge in [-0.3, -0.25) is 5.32 Å². The first-order valence-corrected chi connectivity index (χ1v) is 4.91. The van der Waals surface area contributed by atoms with E-state index in [0.717, 1.165) is 12.0 Å². The van der Waals surface area contributed by atoms with Crippen LogP contribution in [0.4, 0.5) is 10.5 Å². The van der Waals surface area contributed by atoms with Crippen LogP contribution in [0, 0.1) is 0 Å². The van der Waals surface area contributed by atoms with E-state index in [2.05, 4.69) is 5.32 Å². The largest absolute Gasteiger partial charge is 0.465 e. The standard InChI is InChI=1S/C11H15NO3/c1-2-4-10(13)8-5-3-6-9(7-8)12-11(14)15/h3,5-7,10,12-13H,2,4H2,1H3,(H,14,15). The second-order valence-electron chi connectivity index (χ2n) is 3.36. The van der Waals surface area contributed by atoms with Gasteiger partial charge in [0, 0.05) is 5.69 Å². The van der Waals surface area contributed by atoms with E-state index >= 15 is 0 Å². The third kappa shape index (κ3) is 3.59. The van der Waals surface area contributed by atoms with Gasteiger partial charge in [-0.05, 0) is 24.1 Å². The number of hydrogen-bond acceptors (Lipinski definition) is 2. The zero-order valence-corrected chi connectivity index (χ0v) is 8.60. The highest BCUT2D eigenvalue weighted by atomic mass is 16.4. The molecule has 0 aliphatic rings. The molecule has 82 valence electrons. The Morgan fingerprint density at radius 3 is 2.87 bits per heavy atom. The van der Waals surface area contributed by atoms with Crippen molar-refractivity contribution in [3.05, 3.63) is 29.8 Å². The van der Waals surface area contributed by atoms with Crippen LogP contribution >= 0.6 is 0 Å². The fraction of sp³-hybridized carbons (Fsp3) is 0.364. The molecule has 1 amide bonds. The average Bonchev–Trinajstić information content (AvgIpc) is 2.17. The number of nitrogens with one attached hydrogen (secondary N) is 1. The Hall–Kier alpha value is -1.55. The number of aliphatic hydroxyl groups is 1. The molecule has 0 aromatic heterocycles. The first-order chi connectivity index (χ1) is 7.13. The van der Waals surface area contributed by atoms with Gasteiger partial charge in [0.2, 0.25) is 0 Å². The molecular weight excluding hydrogens is 194 g/mol. The SMILES string of the molecule is CCCC(O)c1cccc(NC(=O)O)c1. The van der Waals surface area contributed by atoms with Crippen LogP contribution < -0.4 is 5.32 Å². The Balaban J connectivity index is 2.77. The first-order valence-electron chi connectivity index (χ1n) is 4.91. The maximum absolute atomic E-state index is 10.4. The number of aliphatic hydroxyl groups excluding tert-OH is 1. The Bertz CT molecular complexity index is 338. The second kappa shape index (κ2) is 5.36. The Morgan fingerprint density at radius 1 is 1.53 bits per heavy atom. The molecule has 0 spiro atoms. The number of rotatable bonds is 4. The van der Waals surface area contributed by atoms with Gasteiger partial charge in [-0.2, -0.15) is 0 Å². The van der Waals surface area contributed by atoms with Crippen molar-refractivity contribution in [2.24, 2.45) is 0 Å². The molecule has 0 radical (unpaired) electrons. The van der Waals surface area contributed by atoms with Gasteiger partial charge in [-0.15, -0.1) is 0 Å². The summed E-state index contributed by atoms with van der Waals surface area (Å²) in [5.74, 6) is 0. The maximum Gasteiger partial charge on any atom is 0.409 e. The summed E-state index contributed by atoms with van der Waals surface area (Å²) in [6.07, 6.45) is -0.0588. The van der Waals surface area contributed by atoms with Crippen LogP contribution in [0.5, 0.6) is 0 Å². The van der Waals surface area contributed by atoms with E-state index < -0.39 is 12.2 Å². The minimum Gasteiger partial charge on any atom is -0.465 e. The molecule has 1 unspecified atom stereocenters. The van der Waals surface area contributed by atoms with Gasteiger partial charge in [-0.1, -0.05) is 25.5 Å². The van der Waals surface area contributed by atoms with Gasteiger partial charge < -0.3 is 10.2 Å². The molecule has 3 N–H and O–H groups in total. The summed E-state index contributed by atoms with van der Waals surface area (Å²) in [5.41, 5.74) is 1.22. The summed E-state index contributed by atoms with van der Waals surface area (Å²) in [5, 5.41) is 20.5. The molecule has 0 saturated heterocycles. The van der Waals surface area contributed by atoms with E-state index in [4.69, 9.17) is 5.11 Å². The number of carbonyl (C=O) groups is 1. The second-order valence-corrected chi connectivity index (χ2v) is 3.36. The summed E-state index contributed by atoms with van der Waals surface area (Å²) >= 11 is 0. The minimum absolute atomic E-state index is 0.482. The van der Waals surface area contributed by atoms with Gasteiger partial charge in [0.05, 0.1) is 6.10 Å². The van der Waals surface area contributed by atoms with Crippen LogP contribution in [0.2, 0.25) is 0 Å². The molecule has 15 heavy (non-hydrogen) atoms. The van der Waals surface area contributed by atoms with Crippen molar-refractivity contribution in [2.75, 3.05) is 5.32 Å². The summed E-state index contributed by atoms with van der Waals surface area (Å²) in [6, 6.07) is 6.80. The molecule has 0 aliphatic carbocycles. The highest BCUT2D eigenvalue weighted by molar-refractivity contribution is 5.82. The highest BCUT2D eigenvalue weighted by Gasteiger charge is 2.07. The maximum atomic E-state index is 10.4. The van der Waals surface area contributed by atoms with Gasteiger partial charge >= 0.3 is 6.09 Å². The lowest BCUT2D eigenvalue weighted by Gasteiger charge is -2.10. The predicted molar refractivity (Wildman–Crippen MR) is 58.0 cm³/mol. The highest BCUT2D eigenvalue weighted by Crippen LogP contribution is 2.21. The summed E-state index contributed by atoms with van der Waals surface area (Å²) < 4.78 is 0. The molecule has 4 heteroatoms. The lowest BCUT2D eigenvalue weighted by Crippen LogP contribution is -2.07. The Kier molecular flexibility index (Phi) is 4.12. The third-order valence-corrected chi connectivity index (χ3v) is 2.08. The van der Waals surface area contributed by atoms with Crippen LogP contribution in [-0.4, -0.2) is 16.3 Å². The molecule has 0 aliphatic heterocycles. The van der Waals surface area contributed by atoms with Crippen LogP contribution in [-0.2, 0) is 0 Å². The number of carboxylic acid groups (broad SMARTS) is 1. The summed E-state index contributed by atoms with van der Waals surface area (Å²) in [6.45, 7) is 1.99. The smallest absolute Gasteiger partial charge is 0.409 e. The van der Waals surface area contributed by atoms with Crippen molar-refractivity contribution < 1.29 is 15.0 Å². The van der Waals surface area contributed by atoms with Crippen molar-refractivity contribution in [1.82, 2.24) is 0 Å². The van der Waals surface area contributed by atoms with Crippen LogP contribution in [0.15, 0.2) is 24.3 Å². The van der Waals surface area contributed by atoms with Crippen LogP contribution in [0.25, 0.3) is 0 Å². The van der Waals surface area contributed by atoms with Crippen molar-refractivity contribution in [1.29, 1.82) is 0 Å². The van der Waals surface area contributed by atoms with Crippen molar-refractivity contribution in [3.63, 3.8) is 0 Å². The molecule has 0 saturated carbocycles. The zero-order valence-electron chi connectivity index (χ0n) is 8.60. The number of benzene rings is 1. The average molecular weight is 209 g/mol.